The molecule has 0 aliphatic carbocycles. The minimum atomic E-state index is -0.387. The van der Waals surface area contributed by atoms with Gasteiger partial charge in [0.1, 0.15) is 17.1 Å². The first-order valence-corrected chi connectivity index (χ1v) is 10.4. The summed E-state index contributed by atoms with van der Waals surface area (Å²) in [5.41, 5.74) is 0.288. The third-order valence-electron chi connectivity index (χ3n) is 4.74. The molecule has 30 heavy (non-hydrogen) atoms. The highest BCUT2D eigenvalue weighted by molar-refractivity contribution is 7.22. The zero-order chi connectivity index (χ0) is 21.1. The van der Waals surface area contributed by atoms with Gasteiger partial charge in [-0.2, -0.15) is 0 Å². The van der Waals surface area contributed by atoms with Gasteiger partial charge in [0, 0.05) is 13.1 Å². The number of carbonyl (C=O) groups is 1. The Bertz CT molecular complexity index is 1190. The molecule has 0 atom stereocenters. The molecular formula is C23H22FN3O2S. The van der Waals surface area contributed by atoms with E-state index in [1.807, 2.05) is 61.5 Å². The fourth-order valence-electron chi connectivity index (χ4n) is 3.13. The lowest BCUT2D eigenvalue weighted by atomic mass is 10.1. The number of likely N-dealkylation sites (N-methyl/N-ethyl adjacent to an activating group) is 1. The molecule has 0 unspecified atom stereocenters. The van der Waals surface area contributed by atoms with Crippen LogP contribution < -0.4 is 9.64 Å². The summed E-state index contributed by atoms with van der Waals surface area (Å²) >= 11 is 1.30. The number of hydrogen-bond acceptors (Lipinski definition) is 5. The van der Waals surface area contributed by atoms with E-state index in [-0.39, 0.29) is 23.8 Å². The Balaban J connectivity index is 1.54. The first-order valence-electron chi connectivity index (χ1n) is 9.63. The molecule has 0 aliphatic rings. The maximum Gasteiger partial charge on any atom is 0.266 e. The fraction of sp³-hybridized carbons (Fsp3) is 0.217. The van der Waals surface area contributed by atoms with Gasteiger partial charge in [0.2, 0.25) is 0 Å². The molecule has 0 radical (unpaired) electrons. The van der Waals surface area contributed by atoms with E-state index in [1.54, 1.807) is 17.0 Å². The molecule has 0 saturated heterocycles. The van der Waals surface area contributed by atoms with Crippen LogP contribution in [0.25, 0.3) is 21.0 Å². The van der Waals surface area contributed by atoms with E-state index in [2.05, 4.69) is 4.98 Å². The molecule has 0 saturated carbocycles. The molecular weight excluding hydrogens is 401 g/mol. The molecule has 1 amide bonds. The first-order chi connectivity index (χ1) is 14.5. The summed E-state index contributed by atoms with van der Waals surface area (Å²) in [6.07, 6.45) is 0. The second kappa shape index (κ2) is 8.77. The molecule has 5 nitrogen and oxygen atoms in total. The van der Waals surface area contributed by atoms with Crippen LogP contribution in [0.5, 0.6) is 5.75 Å². The van der Waals surface area contributed by atoms with E-state index < -0.39 is 0 Å². The van der Waals surface area contributed by atoms with Gasteiger partial charge in [-0.3, -0.25) is 9.69 Å². The van der Waals surface area contributed by atoms with Crippen LogP contribution in [-0.4, -0.2) is 49.6 Å². The fourth-order valence-corrected chi connectivity index (χ4v) is 4.15. The third-order valence-corrected chi connectivity index (χ3v) is 5.79. The number of thiazole rings is 1. The molecule has 0 bridgehead atoms. The van der Waals surface area contributed by atoms with Crippen molar-refractivity contribution in [2.75, 3.05) is 38.7 Å². The molecule has 3 aromatic carbocycles. The summed E-state index contributed by atoms with van der Waals surface area (Å²) in [5, 5.41) is 2.64. The number of anilines is 1. The van der Waals surface area contributed by atoms with Gasteiger partial charge in [0.15, 0.2) is 11.7 Å². The maximum absolute atomic E-state index is 14.1. The summed E-state index contributed by atoms with van der Waals surface area (Å²) in [7, 11) is 3.87. The topological polar surface area (TPSA) is 45.7 Å². The minimum absolute atomic E-state index is 0.121. The average Bonchev–Trinajstić information content (AvgIpc) is 3.17. The van der Waals surface area contributed by atoms with Gasteiger partial charge in [-0.05, 0) is 49.1 Å². The van der Waals surface area contributed by atoms with Crippen molar-refractivity contribution in [3.05, 3.63) is 66.5 Å². The van der Waals surface area contributed by atoms with Crippen LogP contribution in [0.4, 0.5) is 9.52 Å². The highest BCUT2D eigenvalue weighted by Crippen LogP contribution is 2.30. The Morgan fingerprint density at radius 2 is 1.83 bits per heavy atom. The zero-order valence-corrected chi connectivity index (χ0v) is 17.7. The third kappa shape index (κ3) is 4.42. The van der Waals surface area contributed by atoms with Gasteiger partial charge in [0.05, 0.1) is 4.70 Å². The smallest absolute Gasteiger partial charge is 0.266 e. The van der Waals surface area contributed by atoms with E-state index in [0.717, 1.165) is 10.8 Å². The van der Waals surface area contributed by atoms with E-state index in [4.69, 9.17) is 4.74 Å². The average molecular weight is 424 g/mol. The molecule has 0 spiro atoms. The van der Waals surface area contributed by atoms with Crippen LogP contribution in [0, 0.1) is 5.82 Å². The largest absolute Gasteiger partial charge is 0.484 e. The Labute approximate surface area is 178 Å². The van der Waals surface area contributed by atoms with Gasteiger partial charge < -0.3 is 9.64 Å². The van der Waals surface area contributed by atoms with Crippen molar-refractivity contribution in [3.8, 4) is 5.75 Å². The lowest BCUT2D eigenvalue weighted by Crippen LogP contribution is -2.39. The van der Waals surface area contributed by atoms with Gasteiger partial charge in [-0.25, -0.2) is 9.37 Å². The Kier molecular flexibility index (Phi) is 5.92. The number of carbonyl (C=O) groups excluding carboxylic acids is 1. The number of rotatable bonds is 7. The molecule has 0 fully saturated rings. The normalized spacial score (nSPS) is 11.3. The summed E-state index contributed by atoms with van der Waals surface area (Å²) in [5.74, 6) is 0.0249. The predicted molar refractivity (Wildman–Crippen MR) is 120 cm³/mol. The van der Waals surface area contributed by atoms with Crippen LogP contribution in [0.2, 0.25) is 0 Å². The minimum Gasteiger partial charge on any atom is -0.484 e. The van der Waals surface area contributed by atoms with Gasteiger partial charge >= 0.3 is 0 Å². The number of fused-ring (bicyclic) bond motifs is 2. The number of ether oxygens (including phenoxy) is 1. The Hall–Kier alpha value is -3.03. The SMILES string of the molecule is CN(C)CCN(C(=O)COc1ccc2ccccc2c1)c1nc2c(F)cccc2s1. The lowest BCUT2D eigenvalue weighted by molar-refractivity contribution is -0.120. The molecule has 1 heterocycles. The van der Waals surface area contributed by atoms with Crippen LogP contribution in [0.1, 0.15) is 0 Å². The van der Waals surface area contributed by atoms with Crippen LogP contribution in [-0.2, 0) is 4.79 Å². The second-order valence-electron chi connectivity index (χ2n) is 7.23. The number of benzene rings is 3. The predicted octanol–water partition coefficient (Wildman–Crippen LogP) is 4.56. The highest BCUT2D eigenvalue weighted by Gasteiger charge is 2.21. The van der Waals surface area contributed by atoms with Gasteiger partial charge in [0.25, 0.3) is 5.91 Å². The van der Waals surface area contributed by atoms with Crippen LogP contribution >= 0.6 is 11.3 Å². The van der Waals surface area contributed by atoms with E-state index >= 15 is 0 Å². The van der Waals surface area contributed by atoms with Crippen molar-refractivity contribution >= 4 is 43.4 Å². The molecule has 4 rings (SSSR count). The van der Waals surface area contributed by atoms with Crippen LogP contribution in [0.15, 0.2) is 60.7 Å². The number of para-hydroxylation sites is 1. The standard InChI is InChI=1S/C23H22FN3O2S/c1-26(2)12-13-27(23-25-22-19(24)8-5-9-20(22)30-23)21(28)15-29-18-11-10-16-6-3-4-7-17(16)14-18/h3-11,14H,12-13,15H2,1-2H3. The molecule has 7 heteroatoms. The zero-order valence-electron chi connectivity index (χ0n) is 16.8. The van der Waals surface area contributed by atoms with Gasteiger partial charge in [-0.1, -0.05) is 47.7 Å². The van der Waals surface area contributed by atoms with Crippen molar-refractivity contribution in [3.63, 3.8) is 0 Å². The van der Waals surface area contributed by atoms with Crippen LogP contribution in [0.3, 0.4) is 0 Å². The first kappa shape index (κ1) is 20.3. The molecule has 4 aromatic rings. The highest BCUT2D eigenvalue weighted by atomic mass is 32.1. The quantitative estimate of drug-likeness (QED) is 0.437. The van der Waals surface area contributed by atoms with Crippen molar-refractivity contribution in [1.82, 2.24) is 9.88 Å². The number of amides is 1. The molecule has 154 valence electrons. The number of nitrogens with zero attached hydrogens (tertiary/aromatic N) is 3. The second-order valence-corrected chi connectivity index (χ2v) is 8.24. The molecule has 0 aliphatic heterocycles. The molecule has 1 aromatic heterocycles. The number of halogens is 1. The lowest BCUT2D eigenvalue weighted by Gasteiger charge is -2.22. The molecule has 0 N–H and O–H groups in total. The van der Waals surface area contributed by atoms with Gasteiger partial charge in [-0.15, -0.1) is 0 Å². The summed E-state index contributed by atoms with van der Waals surface area (Å²) in [4.78, 5) is 21.0. The summed E-state index contributed by atoms with van der Waals surface area (Å²) in [6.45, 7) is 0.971. The van der Waals surface area contributed by atoms with E-state index in [1.165, 1.54) is 17.4 Å². The van der Waals surface area contributed by atoms with Crippen molar-refractivity contribution < 1.29 is 13.9 Å². The number of hydrogen-bond donors (Lipinski definition) is 0. The van der Waals surface area contributed by atoms with Crippen molar-refractivity contribution in [1.29, 1.82) is 0 Å². The Morgan fingerprint density at radius 3 is 2.60 bits per heavy atom. The summed E-state index contributed by atoms with van der Waals surface area (Å²) < 4.78 is 20.6. The van der Waals surface area contributed by atoms with Crippen molar-refractivity contribution in [2.45, 2.75) is 0 Å². The monoisotopic (exact) mass is 423 g/mol. The number of aromatic nitrogens is 1. The van der Waals surface area contributed by atoms with Crippen molar-refractivity contribution in [2.24, 2.45) is 0 Å². The van der Waals surface area contributed by atoms with E-state index in [0.29, 0.717) is 28.7 Å². The van der Waals surface area contributed by atoms with E-state index in [9.17, 15) is 9.18 Å². The Morgan fingerprint density at radius 1 is 1.03 bits per heavy atom. The summed E-state index contributed by atoms with van der Waals surface area (Å²) in [6, 6.07) is 18.5. The maximum atomic E-state index is 14.1.